The number of ether oxygens (including phenoxy) is 1. The van der Waals surface area contributed by atoms with Gasteiger partial charge in [-0.2, -0.15) is 0 Å². The Morgan fingerprint density at radius 1 is 2.00 bits per heavy atom. The van der Waals surface area contributed by atoms with Gasteiger partial charge in [-0.15, -0.1) is 6.42 Å². The molecular weight excluding hydrogens is 104 g/mol. The molecule has 1 fully saturated rings. The minimum absolute atomic E-state index is 0.0394. The van der Waals surface area contributed by atoms with Crippen molar-refractivity contribution in [3.8, 4) is 12.3 Å². The standard InChI is InChI=1S/C6H8O2/c1-3-6(4-7)5(2)8-6/h1,5,7H,4H2,2H3/t5-,6+/m1/s1. The van der Waals surface area contributed by atoms with Crippen molar-refractivity contribution in [2.24, 2.45) is 0 Å². The monoisotopic (exact) mass is 112 g/mol. The fourth-order valence-electron chi connectivity index (χ4n) is 0.644. The molecule has 8 heavy (non-hydrogen) atoms. The molecule has 2 nitrogen and oxygen atoms in total. The summed E-state index contributed by atoms with van der Waals surface area (Å²) in [6.45, 7) is 1.78. The van der Waals surface area contributed by atoms with Crippen LogP contribution in [0.2, 0.25) is 0 Å². The van der Waals surface area contributed by atoms with E-state index in [1.165, 1.54) is 0 Å². The quantitative estimate of drug-likeness (QED) is 0.375. The van der Waals surface area contributed by atoms with Gasteiger partial charge in [0.1, 0.15) is 0 Å². The molecule has 0 radical (unpaired) electrons. The molecule has 1 heterocycles. The highest BCUT2D eigenvalue weighted by atomic mass is 16.6. The SMILES string of the molecule is C#C[C@@]1(CO)O[C@@H]1C. The molecular formula is C6H8O2. The lowest BCUT2D eigenvalue weighted by Crippen LogP contribution is -2.15. The second kappa shape index (κ2) is 1.48. The summed E-state index contributed by atoms with van der Waals surface area (Å²) in [5.74, 6) is 2.38. The molecule has 0 spiro atoms. The molecule has 1 rings (SSSR count). The van der Waals surface area contributed by atoms with Crippen LogP contribution >= 0.6 is 0 Å². The van der Waals surface area contributed by atoms with Gasteiger partial charge in [0, 0.05) is 0 Å². The fraction of sp³-hybridized carbons (Fsp3) is 0.667. The van der Waals surface area contributed by atoms with Crippen LogP contribution in [0.25, 0.3) is 0 Å². The van der Waals surface area contributed by atoms with Crippen molar-refractivity contribution in [3.63, 3.8) is 0 Å². The lowest BCUT2D eigenvalue weighted by atomic mass is 10.1. The van der Waals surface area contributed by atoms with Gasteiger partial charge in [-0.05, 0) is 6.92 Å². The topological polar surface area (TPSA) is 32.8 Å². The Morgan fingerprint density at radius 3 is 2.50 bits per heavy atom. The largest absolute Gasteiger partial charge is 0.392 e. The lowest BCUT2D eigenvalue weighted by molar-refractivity contribution is 0.208. The van der Waals surface area contributed by atoms with Gasteiger partial charge in [-0.25, -0.2) is 0 Å². The molecule has 1 saturated heterocycles. The summed E-state index contributed by atoms with van der Waals surface area (Å²) in [6.07, 6.45) is 5.07. The van der Waals surface area contributed by atoms with Crippen molar-refractivity contribution in [1.82, 2.24) is 0 Å². The third-order valence-corrected chi connectivity index (χ3v) is 1.47. The first kappa shape index (κ1) is 5.61. The Morgan fingerprint density at radius 2 is 2.50 bits per heavy atom. The van der Waals surface area contributed by atoms with Crippen LogP contribution in [0, 0.1) is 12.3 Å². The van der Waals surface area contributed by atoms with E-state index < -0.39 is 5.60 Å². The summed E-state index contributed by atoms with van der Waals surface area (Å²) in [5.41, 5.74) is -0.625. The van der Waals surface area contributed by atoms with Crippen LogP contribution in [0.1, 0.15) is 6.92 Å². The molecule has 0 bridgehead atoms. The summed E-state index contributed by atoms with van der Waals surface area (Å²) < 4.78 is 4.92. The Bertz CT molecular complexity index is 132. The van der Waals surface area contributed by atoms with E-state index >= 15 is 0 Å². The maximum Gasteiger partial charge on any atom is 0.177 e. The number of epoxide rings is 1. The molecule has 0 saturated carbocycles. The van der Waals surface area contributed by atoms with E-state index in [1.807, 2.05) is 6.92 Å². The second-order valence-corrected chi connectivity index (χ2v) is 1.95. The van der Waals surface area contributed by atoms with Crippen LogP contribution in [0.4, 0.5) is 0 Å². The molecule has 0 amide bonds. The highest BCUT2D eigenvalue weighted by molar-refractivity contribution is 5.20. The van der Waals surface area contributed by atoms with Crippen molar-refractivity contribution in [2.45, 2.75) is 18.6 Å². The summed E-state index contributed by atoms with van der Waals surface area (Å²) >= 11 is 0. The van der Waals surface area contributed by atoms with Crippen LogP contribution in [-0.2, 0) is 4.74 Å². The highest BCUT2D eigenvalue weighted by Crippen LogP contribution is 2.34. The van der Waals surface area contributed by atoms with Crippen molar-refractivity contribution >= 4 is 0 Å². The van der Waals surface area contributed by atoms with Gasteiger partial charge in [0.2, 0.25) is 0 Å². The minimum atomic E-state index is -0.625. The summed E-state index contributed by atoms with van der Waals surface area (Å²) in [6, 6.07) is 0. The number of aliphatic hydroxyl groups is 1. The van der Waals surface area contributed by atoms with Crippen LogP contribution in [0.5, 0.6) is 0 Å². The van der Waals surface area contributed by atoms with E-state index in [-0.39, 0.29) is 12.7 Å². The Hall–Kier alpha value is -0.520. The zero-order valence-corrected chi connectivity index (χ0v) is 4.72. The fourth-order valence-corrected chi connectivity index (χ4v) is 0.644. The van der Waals surface area contributed by atoms with Crippen LogP contribution < -0.4 is 0 Å². The van der Waals surface area contributed by atoms with Crippen LogP contribution in [0.3, 0.4) is 0 Å². The molecule has 2 atom stereocenters. The highest BCUT2D eigenvalue weighted by Gasteiger charge is 2.51. The number of hydrogen-bond acceptors (Lipinski definition) is 2. The molecule has 2 heteroatoms. The normalized spacial score (nSPS) is 43.4. The van der Waals surface area contributed by atoms with Crippen molar-refractivity contribution in [3.05, 3.63) is 0 Å². The number of aliphatic hydroxyl groups excluding tert-OH is 1. The molecule has 0 aromatic rings. The van der Waals surface area contributed by atoms with Gasteiger partial charge in [0.15, 0.2) is 5.60 Å². The van der Waals surface area contributed by atoms with Crippen molar-refractivity contribution in [1.29, 1.82) is 0 Å². The smallest absolute Gasteiger partial charge is 0.177 e. The predicted octanol–water partition coefficient (Wildman–Crippen LogP) is -0.231. The average Bonchev–Trinajstić information content (AvgIpc) is 2.43. The van der Waals surface area contributed by atoms with Gasteiger partial charge < -0.3 is 9.84 Å². The summed E-state index contributed by atoms with van der Waals surface area (Å²) in [4.78, 5) is 0. The average molecular weight is 112 g/mol. The molecule has 1 aliphatic rings. The third kappa shape index (κ3) is 0.525. The van der Waals surface area contributed by atoms with E-state index in [1.54, 1.807) is 0 Å². The first-order valence-electron chi connectivity index (χ1n) is 2.51. The van der Waals surface area contributed by atoms with E-state index in [9.17, 15) is 0 Å². The van der Waals surface area contributed by atoms with Crippen molar-refractivity contribution < 1.29 is 9.84 Å². The van der Waals surface area contributed by atoms with Gasteiger partial charge in [-0.3, -0.25) is 0 Å². The molecule has 44 valence electrons. The zero-order chi connectivity index (χ0) is 6.20. The van der Waals surface area contributed by atoms with Gasteiger partial charge in [0.05, 0.1) is 12.7 Å². The van der Waals surface area contributed by atoms with E-state index in [2.05, 4.69) is 5.92 Å². The number of terminal acetylenes is 1. The van der Waals surface area contributed by atoms with Gasteiger partial charge in [-0.1, -0.05) is 5.92 Å². The van der Waals surface area contributed by atoms with Crippen LogP contribution in [-0.4, -0.2) is 23.4 Å². The predicted molar refractivity (Wildman–Crippen MR) is 29.2 cm³/mol. The third-order valence-electron chi connectivity index (χ3n) is 1.47. The summed E-state index contributed by atoms with van der Waals surface area (Å²) in [7, 11) is 0. The van der Waals surface area contributed by atoms with E-state index in [0.29, 0.717) is 0 Å². The van der Waals surface area contributed by atoms with Crippen LogP contribution in [0.15, 0.2) is 0 Å². The lowest BCUT2D eigenvalue weighted by Gasteiger charge is -1.93. The second-order valence-electron chi connectivity index (χ2n) is 1.95. The first-order chi connectivity index (χ1) is 3.75. The maximum atomic E-state index is 8.56. The molecule has 0 unspecified atom stereocenters. The number of rotatable bonds is 1. The molecule has 0 aromatic carbocycles. The van der Waals surface area contributed by atoms with E-state index in [0.717, 1.165) is 0 Å². The van der Waals surface area contributed by atoms with Gasteiger partial charge >= 0.3 is 0 Å². The van der Waals surface area contributed by atoms with E-state index in [4.69, 9.17) is 16.3 Å². The Labute approximate surface area is 48.5 Å². The molecule has 1 N–H and O–H groups in total. The van der Waals surface area contributed by atoms with Crippen molar-refractivity contribution in [2.75, 3.05) is 6.61 Å². The number of hydrogen-bond donors (Lipinski definition) is 1. The first-order valence-corrected chi connectivity index (χ1v) is 2.51. The Kier molecular flexibility index (Phi) is 1.04. The minimum Gasteiger partial charge on any atom is -0.392 e. The van der Waals surface area contributed by atoms with Gasteiger partial charge in [0.25, 0.3) is 0 Å². The maximum absolute atomic E-state index is 8.56. The molecule has 1 aliphatic heterocycles. The molecule has 0 aliphatic carbocycles. The Balaban J connectivity index is 2.56. The molecule has 0 aromatic heterocycles. The summed E-state index contributed by atoms with van der Waals surface area (Å²) in [5, 5.41) is 8.56. The zero-order valence-electron chi connectivity index (χ0n) is 4.72.